The van der Waals surface area contributed by atoms with Crippen LogP contribution in [-0.4, -0.2) is 10.8 Å². The van der Waals surface area contributed by atoms with Crippen LogP contribution in [0.5, 0.6) is 0 Å². The Morgan fingerprint density at radius 1 is 1.05 bits per heavy atom. The van der Waals surface area contributed by atoms with Crippen LogP contribution < -0.4 is 0 Å². The van der Waals surface area contributed by atoms with Crippen LogP contribution in [0, 0.1) is 5.41 Å². The van der Waals surface area contributed by atoms with Gasteiger partial charge < -0.3 is 9.98 Å². The fraction of sp³-hybridized carbons (Fsp3) is 0.0625. The highest BCUT2D eigenvalue weighted by atomic mass is 35.5. The molecule has 1 heterocycles. The largest absolute Gasteiger partial charge is 0.343 e. The van der Waals surface area contributed by atoms with Crippen molar-refractivity contribution in [3.8, 4) is 0 Å². The Hall–Kier alpha value is -1.77. The summed E-state index contributed by atoms with van der Waals surface area (Å²) in [5, 5.41) is 9.68. The predicted molar refractivity (Wildman–Crippen MR) is 85.4 cm³/mol. The number of fused-ring (bicyclic) bond motifs is 1. The summed E-state index contributed by atoms with van der Waals surface area (Å²) in [7, 11) is 0. The Bertz CT molecular complexity index is 790. The highest BCUT2D eigenvalue weighted by Crippen LogP contribution is 2.27. The number of hydrogen-bond acceptors (Lipinski definition) is 1. The lowest BCUT2D eigenvalue weighted by Gasteiger charge is -2.09. The molecule has 0 fully saturated rings. The van der Waals surface area contributed by atoms with Gasteiger partial charge in [0, 0.05) is 35.4 Å². The van der Waals surface area contributed by atoms with E-state index in [1.54, 1.807) is 6.07 Å². The maximum absolute atomic E-state index is 7.45. The molecule has 1 aromatic heterocycles. The van der Waals surface area contributed by atoms with Crippen molar-refractivity contribution < 1.29 is 0 Å². The van der Waals surface area contributed by atoms with E-state index < -0.39 is 0 Å². The third-order valence-corrected chi connectivity index (χ3v) is 4.23. The molecule has 0 aliphatic rings. The summed E-state index contributed by atoms with van der Waals surface area (Å²) in [4.78, 5) is 0. The molecule has 0 aliphatic carbocycles. The molecule has 2 nitrogen and oxygen atoms in total. The first-order chi connectivity index (χ1) is 9.70. The van der Waals surface area contributed by atoms with E-state index in [9.17, 15) is 0 Å². The van der Waals surface area contributed by atoms with Crippen molar-refractivity contribution in [1.82, 2.24) is 4.57 Å². The van der Waals surface area contributed by atoms with Crippen molar-refractivity contribution in [2.75, 3.05) is 0 Å². The van der Waals surface area contributed by atoms with Gasteiger partial charge in [-0.2, -0.15) is 0 Å². The van der Waals surface area contributed by atoms with Crippen molar-refractivity contribution in [3.05, 3.63) is 69.8 Å². The van der Waals surface area contributed by atoms with Crippen LogP contribution in [0.4, 0.5) is 0 Å². The zero-order valence-corrected chi connectivity index (χ0v) is 12.1. The van der Waals surface area contributed by atoms with E-state index in [-0.39, 0.29) is 0 Å². The summed E-state index contributed by atoms with van der Waals surface area (Å²) in [5.74, 6) is 0. The zero-order valence-electron chi connectivity index (χ0n) is 10.6. The summed E-state index contributed by atoms with van der Waals surface area (Å²) in [6.07, 6.45) is 3.38. The second-order valence-corrected chi connectivity index (χ2v) is 5.37. The number of nitrogens with one attached hydrogen (secondary N) is 1. The quantitative estimate of drug-likeness (QED) is 0.660. The van der Waals surface area contributed by atoms with Gasteiger partial charge in [0.2, 0.25) is 0 Å². The molecule has 4 heteroatoms. The van der Waals surface area contributed by atoms with Gasteiger partial charge in [-0.05, 0) is 23.8 Å². The van der Waals surface area contributed by atoms with Crippen LogP contribution in [0.2, 0.25) is 10.0 Å². The Balaban J connectivity index is 2.08. The lowest BCUT2D eigenvalue weighted by molar-refractivity contribution is 0.837. The SMILES string of the molecule is N=Cc1cccc2c1ccn2Cc1cccc(Cl)c1Cl. The molecule has 100 valence electrons. The summed E-state index contributed by atoms with van der Waals surface area (Å²) >= 11 is 12.3. The van der Waals surface area contributed by atoms with Crippen LogP contribution in [0.25, 0.3) is 10.9 Å². The van der Waals surface area contributed by atoms with Gasteiger partial charge in [-0.25, -0.2) is 0 Å². The molecule has 1 N–H and O–H groups in total. The average Bonchev–Trinajstić information content (AvgIpc) is 2.87. The van der Waals surface area contributed by atoms with Gasteiger partial charge in [0.05, 0.1) is 10.0 Å². The Morgan fingerprint density at radius 2 is 1.85 bits per heavy atom. The first-order valence-corrected chi connectivity index (χ1v) is 6.97. The van der Waals surface area contributed by atoms with Crippen LogP contribution in [-0.2, 0) is 6.54 Å². The summed E-state index contributed by atoms with van der Waals surface area (Å²) in [6, 6.07) is 13.6. The molecule has 0 amide bonds. The third kappa shape index (κ3) is 2.21. The summed E-state index contributed by atoms with van der Waals surface area (Å²) in [5.41, 5.74) is 2.98. The average molecular weight is 303 g/mol. The Morgan fingerprint density at radius 3 is 2.65 bits per heavy atom. The smallest absolute Gasteiger partial charge is 0.0642 e. The van der Waals surface area contributed by atoms with Crippen LogP contribution in [0.1, 0.15) is 11.1 Å². The van der Waals surface area contributed by atoms with Gasteiger partial charge in [-0.1, -0.05) is 47.5 Å². The highest BCUT2D eigenvalue weighted by Gasteiger charge is 2.08. The van der Waals surface area contributed by atoms with Gasteiger partial charge in [0.25, 0.3) is 0 Å². The van der Waals surface area contributed by atoms with Crippen molar-refractivity contribution in [2.24, 2.45) is 0 Å². The fourth-order valence-electron chi connectivity index (χ4n) is 2.37. The molecule has 20 heavy (non-hydrogen) atoms. The highest BCUT2D eigenvalue weighted by molar-refractivity contribution is 6.42. The van der Waals surface area contributed by atoms with Gasteiger partial charge in [-0.15, -0.1) is 0 Å². The van der Waals surface area contributed by atoms with Crippen LogP contribution in [0.3, 0.4) is 0 Å². The molecule has 3 rings (SSSR count). The van der Waals surface area contributed by atoms with E-state index in [2.05, 4.69) is 4.57 Å². The molecule has 0 atom stereocenters. The summed E-state index contributed by atoms with van der Waals surface area (Å²) in [6.45, 7) is 0.657. The summed E-state index contributed by atoms with van der Waals surface area (Å²) < 4.78 is 2.11. The zero-order chi connectivity index (χ0) is 14.1. The second-order valence-electron chi connectivity index (χ2n) is 4.58. The second kappa shape index (κ2) is 5.31. The molecule has 0 bridgehead atoms. The number of nitrogens with zero attached hydrogens (tertiary/aromatic N) is 1. The molecule has 2 aromatic carbocycles. The van der Waals surface area contributed by atoms with Crippen LogP contribution >= 0.6 is 23.2 Å². The minimum absolute atomic E-state index is 0.570. The predicted octanol–water partition coefficient (Wildman–Crippen LogP) is 4.99. The van der Waals surface area contributed by atoms with E-state index in [4.69, 9.17) is 28.6 Å². The van der Waals surface area contributed by atoms with Crippen molar-refractivity contribution in [3.63, 3.8) is 0 Å². The standard InChI is InChI=1S/C16H12Cl2N2/c17-14-5-1-4-12(16(14)18)10-20-8-7-13-11(9-19)3-2-6-15(13)20/h1-9,19H,10H2. The minimum atomic E-state index is 0.570. The first kappa shape index (κ1) is 13.2. The molecule has 0 saturated heterocycles. The third-order valence-electron chi connectivity index (χ3n) is 3.38. The van der Waals surface area contributed by atoms with E-state index in [0.29, 0.717) is 16.6 Å². The minimum Gasteiger partial charge on any atom is -0.343 e. The van der Waals surface area contributed by atoms with Crippen LogP contribution in [0.15, 0.2) is 48.7 Å². The molecule has 0 spiro atoms. The van der Waals surface area contributed by atoms with Gasteiger partial charge in [0.15, 0.2) is 0 Å². The first-order valence-electron chi connectivity index (χ1n) is 6.22. The Kier molecular flexibility index (Phi) is 3.51. The number of hydrogen-bond donors (Lipinski definition) is 1. The van der Waals surface area contributed by atoms with Gasteiger partial charge >= 0.3 is 0 Å². The number of rotatable bonds is 3. The topological polar surface area (TPSA) is 28.8 Å². The monoisotopic (exact) mass is 302 g/mol. The Labute approximate surface area is 127 Å². The van der Waals surface area contributed by atoms with E-state index in [1.165, 1.54) is 6.21 Å². The fourth-order valence-corrected chi connectivity index (χ4v) is 2.74. The molecule has 0 unspecified atom stereocenters. The van der Waals surface area contributed by atoms with Crippen molar-refractivity contribution in [1.29, 1.82) is 5.41 Å². The molecule has 3 aromatic rings. The normalized spacial score (nSPS) is 10.9. The maximum atomic E-state index is 7.45. The van der Waals surface area contributed by atoms with Crippen molar-refractivity contribution in [2.45, 2.75) is 6.54 Å². The van der Waals surface area contributed by atoms with Crippen molar-refractivity contribution >= 4 is 40.3 Å². The number of aromatic nitrogens is 1. The molecule has 0 radical (unpaired) electrons. The lowest BCUT2D eigenvalue weighted by Crippen LogP contribution is -1.99. The molecule has 0 saturated carbocycles. The van der Waals surface area contributed by atoms with E-state index in [1.807, 2.05) is 42.6 Å². The lowest BCUT2D eigenvalue weighted by atomic mass is 10.1. The van der Waals surface area contributed by atoms with Gasteiger partial charge in [-0.3, -0.25) is 0 Å². The molecule has 0 aliphatic heterocycles. The molecular formula is C16H12Cl2N2. The van der Waals surface area contributed by atoms with Gasteiger partial charge in [0.1, 0.15) is 0 Å². The molecular weight excluding hydrogens is 291 g/mol. The van der Waals surface area contributed by atoms with E-state index in [0.717, 1.165) is 22.0 Å². The number of benzene rings is 2. The maximum Gasteiger partial charge on any atom is 0.0642 e. The number of halogens is 2. The van der Waals surface area contributed by atoms with E-state index >= 15 is 0 Å².